The van der Waals surface area contributed by atoms with Gasteiger partial charge in [-0.3, -0.25) is 0 Å². The Morgan fingerprint density at radius 1 is 0.727 bits per heavy atom. The molecule has 1 aromatic carbocycles. The van der Waals surface area contributed by atoms with Crippen LogP contribution in [0.15, 0.2) is 18.2 Å². The standard InChI is InChI=1S/C29H50O4/c1-5-8-10-11-12-13-14-15-16-17-18-20-32-27-21-26(29(30)31-4)22-28(23-27)33-24-25(7-3)19-9-6-2/h21-23,25H,5-20,24H2,1-4H3. The highest BCUT2D eigenvalue weighted by atomic mass is 16.5. The molecule has 0 saturated carbocycles. The van der Waals surface area contributed by atoms with Crippen molar-refractivity contribution < 1.29 is 19.0 Å². The molecular weight excluding hydrogens is 412 g/mol. The summed E-state index contributed by atoms with van der Waals surface area (Å²) in [5, 5.41) is 0. The Kier molecular flexibility index (Phi) is 17.5. The fourth-order valence-corrected chi connectivity index (χ4v) is 4.04. The molecule has 0 spiro atoms. The van der Waals surface area contributed by atoms with Gasteiger partial charge < -0.3 is 14.2 Å². The molecule has 0 aliphatic carbocycles. The van der Waals surface area contributed by atoms with E-state index in [1.165, 1.54) is 90.6 Å². The molecule has 0 aromatic heterocycles. The van der Waals surface area contributed by atoms with Gasteiger partial charge in [0.2, 0.25) is 0 Å². The molecule has 4 heteroatoms. The smallest absolute Gasteiger partial charge is 0.338 e. The monoisotopic (exact) mass is 462 g/mol. The summed E-state index contributed by atoms with van der Waals surface area (Å²) in [5.41, 5.74) is 0.477. The highest BCUT2D eigenvalue weighted by Crippen LogP contribution is 2.25. The molecule has 4 nitrogen and oxygen atoms in total. The first-order valence-electron chi connectivity index (χ1n) is 13.6. The van der Waals surface area contributed by atoms with Gasteiger partial charge in [-0.25, -0.2) is 4.79 Å². The molecular formula is C29H50O4. The lowest BCUT2D eigenvalue weighted by Gasteiger charge is -2.17. The molecule has 0 amide bonds. The number of carbonyl (C=O) groups is 1. The lowest BCUT2D eigenvalue weighted by molar-refractivity contribution is 0.0599. The Bertz CT molecular complexity index is 614. The van der Waals surface area contributed by atoms with E-state index in [0.29, 0.717) is 36.2 Å². The van der Waals surface area contributed by atoms with Crippen molar-refractivity contribution in [2.75, 3.05) is 20.3 Å². The summed E-state index contributed by atoms with van der Waals surface area (Å²) in [4.78, 5) is 12.1. The summed E-state index contributed by atoms with van der Waals surface area (Å²) in [7, 11) is 1.40. The van der Waals surface area contributed by atoms with E-state index in [9.17, 15) is 4.79 Å². The largest absolute Gasteiger partial charge is 0.493 e. The number of hydrogen-bond acceptors (Lipinski definition) is 4. The molecule has 0 saturated heterocycles. The zero-order valence-corrected chi connectivity index (χ0v) is 22.0. The van der Waals surface area contributed by atoms with Crippen molar-refractivity contribution in [3.63, 3.8) is 0 Å². The number of hydrogen-bond donors (Lipinski definition) is 0. The first-order chi connectivity index (χ1) is 16.1. The SMILES string of the molecule is CCCCCCCCCCCCCOc1cc(OCC(CC)CCCC)cc(C(=O)OC)c1. The topological polar surface area (TPSA) is 44.8 Å². The van der Waals surface area contributed by atoms with E-state index in [2.05, 4.69) is 20.8 Å². The Balaban J connectivity index is 2.38. The van der Waals surface area contributed by atoms with Crippen molar-refractivity contribution >= 4 is 5.97 Å². The van der Waals surface area contributed by atoms with Crippen molar-refractivity contribution in [3.8, 4) is 11.5 Å². The molecule has 0 aliphatic heterocycles. The van der Waals surface area contributed by atoms with Crippen LogP contribution in [0, 0.1) is 5.92 Å². The number of benzene rings is 1. The summed E-state index contributed by atoms with van der Waals surface area (Å²) in [5.74, 6) is 1.54. The van der Waals surface area contributed by atoms with E-state index in [1.807, 2.05) is 6.07 Å². The second-order valence-electron chi connectivity index (χ2n) is 9.30. The third-order valence-electron chi connectivity index (χ3n) is 6.35. The molecule has 190 valence electrons. The van der Waals surface area contributed by atoms with E-state index in [0.717, 1.165) is 12.8 Å². The van der Waals surface area contributed by atoms with Crippen LogP contribution in [0.3, 0.4) is 0 Å². The molecule has 0 bridgehead atoms. The van der Waals surface area contributed by atoms with E-state index in [1.54, 1.807) is 12.1 Å². The maximum absolute atomic E-state index is 12.1. The van der Waals surface area contributed by atoms with Crippen LogP contribution in [0.1, 0.15) is 127 Å². The number of unbranched alkanes of at least 4 members (excludes halogenated alkanes) is 11. The number of esters is 1. The van der Waals surface area contributed by atoms with Gasteiger partial charge in [0, 0.05) is 6.07 Å². The van der Waals surface area contributed by atoms with Crippen molar-refractivity contribution in [2.24, 2.45) is 5.92 Å². The lowest BCUT2D eigenvalue weighted by Crippen LogP contribution is -2.12. The van der Waals surface area contributed by atoms with Gasteiger partial charge in [-0.2, -0.15) is 0 Å². The van der Waals surface area contributed by atoms with Crippen LogP contribution in [-0.2, 0) is 4.74 Å². The van der Waals surface area contributed by atoms with Gasteiger partial charge in [0.05, 0.1) is 25.9 Å². The van der Waals surface area contributed by atoms with Crippen molar-refractivity contribution in [1.29, 1.82) is 0 Å². The normalized spacial score (nSPS) is 11.9. The fourth-order valence-electron chi connectivity index (χ4n) is 4.04. The molecule has 0 heterocycles. The van der Waals surface area contributed by atoms with Gasteiger partial charge >= 0.3 is 5.97 Å². The van der Waals surface area contributed by atoms with E-state index < -0.39 is 0 Å². The van der Waals surface area contributed by atoms with Crippen LogP contribution in [0.4, 0.5) is 0 Å². The average Bonchev–Trinajstić information content (AvgIpc) is 2.84. The van der Waals surface area contributed by atoms with Crippen LogP contribution < -0.4 is 9.47 Å². The number of carbonyl (C=O) groups excluding carboxylic acids is 1. The lowest BCUT2D eigenvalue weighted by atomic mass is 10.0. The maximum atomic E-state index is 12.1. The summed E-state index contributed by atoms with van der Waals surface area (Å²) < 4.78 is 16.9. The Hall–Kier alpha value is -1.71. The molecule has 0 radical (unpaired) electrons. The Labute approximate surface area is 203 Å². The molecule has 33 heavy (non-hydrogen) atoms. The first kappa shape index (κ1) is 29.3. The minimum atomic E-state index is -0.363. The van der Waals surface area contributed by atoms with E-state index in [-0.39, 0.29) is 5.97 Å². The molecule has 0 aliphatic rings. The van der Waals surface area contributed by atoms with Gasteiger partial charge in [-0.05, 0) is 30.9 Å². The van der Waals surface area contributed by atoms with Crippen LogP contribution >= 0.6 is 0 Å². The first-order valence-corrected chi connectivity index (χ1v) is 13.6. The summed E-state index contributed by atoms with van der Waals surface area (Å²) in [6.07, 6.45) is 19.1. The summed E-state index contributed by atoms with van der Waals surface area (Å²) in [6.45, 7) is 8.01. The number of methoxy groups -OCH3 is 1. The third-order valence-corrected chi connectivity index (χ3v) is 6.35. The minimum absolute atomic E-state index is 0.363. The highest BCUT2D eigenvalue weighted by Gasteiger charge is 2.13. The molecule has 1 atom stereocenters. The molecule has 1 rings (SSSR count). The maximum Gasteiger partial charge on any atom is 0.338 e. The molecule has 0 N–H and O–H groups in total. The van der Waals surface area contributed by atoms with E-state index >= 15 is 0 Å². The predicted octanol–water partition coefficient (Wildman–Crippen LogP) is 8.76. The third kappa shape index (κ3) is 14.2. The second-order valence-corrected chi connectivity index (χ2v) is 9.30. The van der Waals surface area contributed by atoms with Gasteiger partial charge in [0.15, 0.2) is 0 Å². The number of ether oxygens (including phenoxy) is 3. The van der Waals surface area contributed by atoms with Crippen LogP contribution in [0.5, 0.6) is 11.5 Å². The van der Waals surface area contributed by atoms with E-state index in [4.69, 9.17) is 14.2 Å². The van der Waals surface area contributed by atoms with Crippen molar-refractivity contribution in [1.82, 2.24) is 0 Å². The number of rotatable bonds is 21. The van der Waals surface area contributed by atoms with Gasteiger partial charge in [-0.15, -0.1) is 0 Å². The zero-order chi connectivity index (χ0) is 24.2. The highest BCUT2D eigenvalue weighted by molar-refractivity contribution is 5.90. The van der Waals surface area contributed by atoms with Gasteiger partial charge in [0.25, 0.3) is 0 Å². The summed E-state index contributed by atoms with van der Waals surface area (Å²) in [6, 6.07) is 5.41. The average molecular weight is 463 g/mol. The molecule has 1 unspecified atom stereocenters. The Morgan fingerprint density at radius 3 is 1.82 bits per heavy atom. The Morgan fingerprint density at radius 2 is 1.27 bits per heavy atom. The van der Waals surface area contributed by atoms with Crippen LogP contribution in [-0.4, -0.2) is 26.3 Å². The van der Waals surface area contributed by atoms with Crippen LogP contribution in [0.2, 0.25) is 0 Å². The molecule has 1 aromatic rings. The second kappa shape index (κ2) is 19.7. The quantitative estimate of drug-likeness (QED) is 0.135. The zero-order valence-electron chi connectivity index (χ0n) is 22.0. The van der Waals surface area contributed by atoms with Crippen molar-refractivity contribution in [3.05, 3.63) is 23.8 Å². The summed E-state index contributed by atoms with van der Waals surface area (Å²) >= 11 is 0. The van der Waals surface area contributed by atoms with Crippen LogP contribution in [0.25, 0.3) is 0 Å². The van der Waals surface area contributed by atoms with Gasteiger partial charge in [0.1, 0.15) is 11.5 Å². The fraction of sp³-hybridized carbons (Fsp3) is 0.759. The predicted molar refractivity (Wildman–Crippen MR) is 139 cm³/mol. The molecule has 0 fully saturated rings. The van der Waals surface area contributed by atoms with Gasteiger partial charge in [-0.1, -0.05) is 104 Å². The van der Waals surface area contributed by atoms with Crippen molar-refractivity contribution in [2.45, 2.75) is 117 Å². The minimum Gasteiger partial charge on any atom is -0.493 e.